The molecule has 0 aromatic rings. The molecule has 1 unspecified atom stereocenters. The van der Waals surface area contributed by atoms with Crippen molar-refractivity contribution in [2.45, 2.75) is 19.9 Å². The summed E-state index contributed by atoms with van der Waals surface area (Å²) >= 11 is 0. The number of nitrogens with zero attached hydrogens (tertiary/aromatic N) is 2. The number of likely N-dealkylation sites (N-methyl/N-ethyl adjacent to an activating group) is 2. The summed E-state index contributed by atoms with van der Waals surface area (Å²) in [6, 6.07) is -0.0339. The minimum atomic E-state index is -0.0339. The molecule has 0 aromatic carbocycles. The Morgan fingerprint density at radius 1 is 1.20 bits per heavy atom. The number of carbonyl (C=O) groups excluding carboxylic acids is 1. The number of amides is 1. The molecule has 1 saturated heterocycles. The summed E-state index contributed by atoms with van der Waals surface area (Å²) in [5, 5.41) is 3.10. The molecule has 1 aliphatic heterocycles. The smallest absolute Gasteiger partial charge is 0.240 e. The van der Waals surface area contributed by atoms with Gasteiger partial charge in [-0.15, -0.1) is 0 Å². The molecule has 0 bridgehead atoms. The molecule has 4 nitrogen and oxygen atoms in total. The Morgan fingerprint density at radius 3 is 2.13 bits per heavy atom. The van der Waals surface area contributed by atoms with Crippen LogP contribution < -0.4 is 5.32 Å². The van der Waals surface area contributed by atoms with E-state index in [9.17, 15) is 4.79 Å². The lowest BCUT2D eigenvalue weighted by Crippen LogP contribution is -2.54. The Morgan fingerprint density at radius 2 is 1.73 bits per heavy atom. The molecule has 0 spiro atoms. The molecule has 88 valence electrons. The molecule has 1 fully saturated rings. The number of carbonyl (C=O) groups is 1. The summed E-state index contributed by atoms with van der Waals surface area (Å²) in [7, 11) is 3.96. The second-order valence-corrected chi connectivity index (χ2v) is 4.64. The van der Waals surface area contributed by atoms with Gasteiger partial charge in [0.15, 0.2) is 0 Å². The second kappa shape index (κ2) is 5.47. The fourth-order valence-corrected chi connectivity index (χ4v) is 1.97. The maximum absolute atomic E-state index is 12.1. The molecule has 1 N–H and O–H groups in total. The molecule has 0 aliphatic carbocycles. The quantitative estimate of drug-likeness (QED) is 0.717. The number of piperazine rings is 1. The van der Waals surface area contributed by atoms with Crippen LogP contribution in [0.25, 0.3) is 0 Å². The topological polar surface area (TPSA) is 35.6 Å². The minimum Gasteiger partial charge on any atom is -0.339 e. The van der Waals surface area contributed by atoms with Gasteiger partial charge in [0.05, 0.1) is 6.04 Å². The normalized spacial score (nSPS) is 20.7. The van der Waals surface area contributed by atoms with Gasteiger partial charge in [0.2, 0.25) is 5.91 Å². The van der Waals surface area contributed by atoms with E-state index in [1.165, 1.54) is 0 Å². The van der Waals surface area contributed by atoms with E-state index < -0.39 is 0 Å². The van der Waals surface area contributed by atoms with Crippen LogP contribution in [0.2, 0.25) is 0 Å². The van der Waals surface area contributed by atoms with E-state index in [0.29, 0.717) is 5.92 Å². The van der Waals surface area contributed by atoms with Gasteiger partial charge in [-0.05, 0) is 20.0 Å². The van der Waals surface area contributed by atoms with Gasteiger partial charge >= 0.3 is 0 Å². The number of hydrogen-bond donors (Lipinski definition) is 1. The van der Waals surface area contributed by atoms with Gasteiger partial charge in [-0.1, -0.05) is 13.8 Å². The first-order valence-corrected chi connectivity index (χ1v) is 5.71. The Balaban J connectivity index is 2.52. The third-order valence-corrected chi connectivity index (χ3v) is 3.06. The van der Waals surface area contributed by atoms with E-state index in [1.54, 1.807) is 0 Å². The van der Waals surface area contributed by atoms with Gasteiger partial charge in [-0.2, -0.15) is 0 Å². The molecule has 1 heterocycles. The van der Waals surface area contributed by atoms with Crippen LogP contribution in [-0.4, -0.2) is 62.0 Å². The third-order valence-electron chi connectivity index (χ3n) is 3.06. The summed E-state index contributed by atoms with van der Waals surface area (Å²) < 4.78 is 0. The standard InChI is InChI=1S/C11H23N3O/c1-9(2)10(12-3)11(15)14-7-5-13(4)6-8-14/h9-10,12H,5-8H2,1-4H3. The van der Waals surface area contributed by atoms with Gasteiger partial charge in [-0.3, -0.25) is 4.79 Å². The largest absolute Gasteiger partial charge is 0.339 e. The molecule has 0 radical (unpaired) electrons. The molecule has 1 amide bonds. The van der Waals surface area contributed by atoms with Crippen molar-refractivity contribution in [3.8, 4) is 0 Å². The molecule has 4 heteroatoms. The van der Waals surface area contributed by atoms with Gasteiger partial charge in [0.25, 0.3) is 0 Å². The minimum absolute atomic E-state index is 0.0339. The molecule has 1 atom stereocenters. The van der Waals surface area contributed by atoms with Gasteiger partial charge in [-0.25, -0.2) is 0 Å². The van der Waals surface area contributed by atoms with Crippen molar-refractivity contribution in [3.05, 3.63) is 0 Å². The van der Waals surface area contributed by atoms with Crippen molar-refractivity contribution in [2.75, 3.05) is 40.3 Å². The highest BCUT2D eigenvalue weighted by atomic mass is 16.2. The first-order valence-electron chi connectivity index (χ1n) is 5.71. The van der Waals surface area contributed by atoms with E-state index in [-0.39, 0.29) is 11.9 Å². The summed E-state index contributed by atoms with van der Waals surface area (Å²) in [6.07, 6.45) is 0. The zero-order chi connectivity index (χ0) is 11.4. The number of rotatable bonds is 3. The van der Waals surface area contributed by atoms with Gasteiger partial charge in [0, 0.05) is 26.2 Å². The van der Waals surface area contributed by atoms with Crippen molar-refractivity contribution in [2.24, 2.45) is 5.92 Å². The predicted molar refractivity (Wildman–Crippen MR) is 61.8 cm³/mol. The molecule has 1 rings (SSSR count). The van der Waals surface area contributed by atoms with Crippen molar-refractivity contribution in [1.82, 2.24) is 15.1 Å². The summed E-state index contributed by atoms with van der Waals surface area (Å²) in [5.74, 6) is 0.600. The molecule has 1 aliphatic rings. The highest BCUT2D eigenvalue weighted by Crippen LogP contribution is 2.08. The van der Waals surface area contributed by atoms with E-state index in [0.717, 1.165) is 26.2 Å². The van der Waals surface area contributed by atoms with E-state index in [1.807, 2.05) is 11.9 Å². The fraction of sp³-hybridized carbons (Fsp3) is 0.909. The maximum atomic E-state index is 12.1. The zero-order valence-corrected chi connectivity index (χ0v) is 10.3. The lowest BCUT2D eigenvalue weighted by atomic mass is 10.0. The number of hydrogen-bond acceptors (Lipinski definition) is 3. The van der Waals surface area contributed by atoms with E-state index in [2.05, 4.69) is 31.1 Å². The molecule has 0 aromatic heterocycles. The lowest BCUT2D eigenvalue weighted by Gasteiger charge is -2.35. The van der Waals surface area contributed by atoms with Crippen molar-refractivity contribution in [3.63, 3.8) is 0 Å². The lowest BCUT2D eigenvalue weighted by molar-refractivity contribution is -0.136. The molecule has 15 heavy (non-hydrogen) atoms. The van der Waals surface area contributed by atoms with Crippen LogP contribution in [0.4, 0.5) is 0 Å². The van der Waals surface area contributed by atoms with Crippen LogP contribution in [0.3, 0.4) is 0 Å². The Bertz CT molecular complexity index is 210. The SMILES string of the molecule is CNC(C(=O)N1CCN(C)CC1)C(C)C. The van der Waals surface area contributed by atoms with Crippen LogP contribution in [0, 0.1) is 5.92 Å². The molecular weight excluding hydrogens is 190 g/mol. The Labute approximate surface area is 92.6 Å². The van der Waals surface area contributed by atoms with Crippen LogP contribution >= 0.6 is 0 Å². The highest BCUT2D eigenvalue weighted by Gasteiger charge is 2.27. The highest BCUT2D eigenvalue weighted by molar-refractivity contribution is 5.82. The van der Waals surface area contributed by atoms with Crippen LogP contribution in [0.1, 0.15) is 13.8 Å². The average molecular weight is 213 g/mol. The van der Waals surface area contributed by atoms with Crippen molar-refractivity contribution < 1.29 is 4.79 Å². The van der Waals surface area contributed by atoms with Crippen molar-refractivity contribution >= 4 is 5.91 Å². The second-order valence-electron chi connectivity index (χ2n) is 4.64. The third kappa shape index (κ3) is 3.18. The van der Waals surface area contributed by atoms with E-state index in [4.69, 9.17) is 0 Å². The fourth-order valence-electron chi connectivity index (χ4n) is 1.97. The van der Waals surface area contributed by atoms with Crippen LogP contribution in [0.15, 0.2) is 0 Å². The summed E-state index contributed by atoms with van der Waals surface area (Å²) in [6.45, 7) is 7.85. The summed E-state index contributed by atoms with van der Waals surface area (Å²) in [4.78, 5) is 16.4. The van der Waals surface area contributed by atoms with Gasteiger partial charge < -0.3 is 15.1 Å². The number of nitrogens with one attached hydrogen (secondary N) is 1. The first kappa shape index (κ1) is 12.5. The first-order chi connectivity index (χ1) is 7.06. The predicted octanol–water partition coefficient (Wildman–Crippen LogP) is 0.00440. The zero-order valence-electron chi connectivity index (χ0n) is 10.3. The van der Waals surface area contributed by atoms with E-state index >= 15 is 0 Å². The maximum Gasteiger partial charge on any atom is 0.240 e. The van der Waals surface area contributed by atoms with Crippen molar-refractivity contribution in [1.29, 1.82) is 0 Å². The summed E-state index contributed by atoms with van der Waals surface area (Å²) in [5.41, 5.74) is 0. The Hall–Kier alpha value is -0.610. The van der Waals surface area contributed by atoms with Gasteiger partial charge in [0.1, 0.15) is 0 Å². The Kier molecular flexibility index (Phi) is 4.54. The van der Waals surface area contributed by atoms with Crippen LogP contribution in [0.5, 0.6) is 0 Å². The molecule has 0 saturated carbocycles. The molecular formula is C11H23N3O. The average Bonchev–Trinajstić information content (AvgIpc) is 2.19. The monoisotopic (exact) mass is 213 g/mol. The van der Waals surface area contributed by atoms with Crippen LogP contribution in [-0.2, 0) is 4.79 Å².